The lowest BCUT2D eigenvalue weighted by atomic mass is 9.93. The number of nitrogens with zero attached hydrogens (tertiary/aromatic N) is 7. The Labute approximate surface area is 274 Å². The standard InChI is InChI=1S/C33H41N7O6S/c1-7-38(31(43)46-32(2,3)4)22-28-27(20-37(6)36-28)23-11-8-14-33(5,17-23)47(44,45)40-21-26(25-12-9-15-34-30(25)40)24-18-35-39(19-24)16-10-13-29(41)42/h8-9,11-12,15,17-21H,7,10,13-14,16,22H2,1-6H3,(H,41,42). The van der Waals surface area contributed by atoms with E-state index in [1.54, 1.807) is 65.2 Å². The second-order valence-corrected chi connectivity index (χ2v) is 15.2. The average Bonchev–Trinajstić information content (AvgIpc) is 3.71. The van der Waals surface area contributed by atoms with Gasteiger partial charge in [0.05, 0.1) is 18.4 Å². The Bertz CT molecular complexity index is 1980. The lowest BCUT2D eigenvalue weighted by Crippen LogP contribution is -2.38. The van der Waals surface area contributed by atoms with Crippen molar-refractivity contribution in [1.82, 2.24) is 33.4 Å². The van der Waals surface area contributed by atoms with Crippen LogP contribution < -0.4 is 0 Å². The van der Waals surface area contributed by atoms with Crippen LogP contribution in [0.2, 0.25) is 0 Å². The summed E-state index contributed by atoms with van der Waals surface area (Å²) in [6, 6.07) is 3.58. The minimum absolute atomic E-state index is 0.0281. The van der Waals surface area contributed by atoms with E-state index in [0.29, 0.717) is 52.9 Å². The summed E-state index contributed by atoms with van der Waals surface area (Å²) in [6.45, 7) is 10.0. The number of pyridine rings is 1. The number of carboxylic acids is 1. The van der Waals surface area contributed by atoms with Gasteiger partial charge in [-0.3, -0.25) is 14.2 Å². The number of carboxylic acid groups (broad SMARTS) is 1. The van der Waals surface area contributed by atoms with Crippen LogP contribution in [0.4, 0.5) is 4.79 Å². The fourth-order valence-electron chi connectivity index (χ4n) is 5.59. The van der Waals surface area contributed by atoms with Crippen LogP contribution in [-0.2, 0) is 39.7 Å². The summed E-state index contributed by atoms with van der Waals surface area (Å²) in [7, 11) is -2.29. The third-order valence-electron chi connectivity index (χ3n) is 7.97. The first kappa shape index (κ1) is 33.6. The molecule has 4 aromatic heterocycles. The van der Waals surface area contributed by atoms with Crippen molar-refractivity contribution in [3.8, 4) is 11.1 Å². The molecule has 13 nitrogen and oxygen atoms in total. The maximum absolute atomic E-state index is 14.6. The number of fused-ring (bicyclic) bond motifs is 1. The highest BCUT2D eigenvalue weighted by Crippen LogP contribution is 2.38. The quantitative estimate of drug-likeness (QED) is 0.227. The Hall–Kier alpha value is -4.72. The van der Waals surface area contributed by atoms with Crippen molar-refractivity contribution < 1.29 is 27.9 Å². The van der Waals surface area contributed by atoms with Gasteiger partial charge in [-0.05, 0) is 65.2 Å². The molecule has 1 amide bonds. The van der Waals surface area contributed by atoms with Crippen molar-refractivity contribution in [3.05, 3.63) is 72.6 Å². The predicted octanol–water partition coefficient (Wildman–Crippen LogP) is 5.24. The molecular formula is C33H41N7O6S. The number of carbonyl (C=O) groups excluding carboxylic acids is 1. The molecule has 250 valence electrons. The van der Waals surface area contributed by atoms with E-state index in [1.807, 2.05) is 52.1 Å². The first-order valence-electron chi connectivity index (χ1n) is 15.5. The van der Waals surface area contributed by atoms with Gasteiger partial charge in [-0.25, -0.2) is 22.2 Å². The summed E-state index contributed by atoms with van der Waals surface area (Å²) >= 11 is 0. The Morgan fingerprint density at radius 1 is 1.17 bits per heavy atom. The van der Waals surface area contributed by atoms with E-state index < -0.39 is 32.4 Å². The molecule has 1 N–H and O–H groups in total. The van der Waals surface area contributed by atoms with Crippen molar-refractivity contribution in [3.63, 3.8) is 0 Å². The molecule has 0 bridgehead atoms. The van der Waals surface area contributed by atoms with Gasteiger partial charge in [0.1, 0.15) is 10.3 Å². The van der Waals surface area contributed by atoms with E-state index in [9.17, 15) is 18.0 Å². The van der Waals surface area contributed by atoms with Crippen LogP contribution >= 0.6 is 0 Å². The monoisotopic (exact) mass is 663 g/mol. The smallest absolute Gasteiger partial charge is 0.410 e. The molecule has 4 aromatic rings. The summed E-state index contributed by atoms with van der Waals surface area (Å²) in [5.74, 6) is -0.872. The first-order valence-corrected chi connectivity index (χ1v) is 16.9. The van der Waals surface area contributed by atoms with Crippen LogP contribution in [0, 0.1) is 0 Å². The SMILES string of the molecule is CCN(Cc1nn(C)cc1C1=CC(C)(S(=O)(=O)n2cc(-c3cnn(CCCC(=O)O)c3)c3cccnc32)CC=C1)C(=O)OC(C)(C)C. The molecule has 5 rings (SSSR count). The number of aromatic nitrogens is 6. The number of amides is 1. The normalized spacial score (nSPS) is 16.8. The fraction of sp³-hybridized carbons (Fsp3) is 0.424. The van der Waals surface area contributed by atoms with Crippen LogP contribution in [0.5, 0.6) is 0 Å². The van der Waals surface area contributed by atoms with Gasteiger partial charge >= 0.3 is 12.1 Å². The Balaban J connectivity index is 1.50. The molecule has 0 fully saturated rings. The molecule has 47 heavy (non-hydrogen) atoms. The highest BCUT2D eigenvalue weighted by atomic mass is 32.2. The topological polar surface area (TPSA) is 154 Å². The molecule has 0 saturated carbocycles. The highest BCUT2D eigenvalue weighted by molar-refractivity contribution is 7.91. The second kappa shape index (κ2) is 12.8. The third-order valence-corrected chi connectivity index (χ3v) is 10.2. The van der Waals surface area contributed by atoms with Crippen molar-refractivity contribution in [2.24, 2.45) is 7.05 Å². The number of aliphatic carboxylic acids is 1. The first-order chi connectivity index (χ1) is 22.1. The summed E-state index contributed by atoms with van der Waals surface area (Å²) in [5, 5.41) is 18.6. The van der Waals surface area contributed by atoms with Gasteiger partial charge in [-0.1, -0.05) is 18.2 Å². The molecular weight excluding hydrogens is 622 g/mol. The maximum Gasteiger partial charge on any atom is 0.410 e. The van der Waals surface area contributed by atoms with E-state index in [4.69, 9.17) is 9.84 Å². The molecule has 1 atom stereocenters. The maximum atomic E-state index is 14.6. The Kier molecular flexibility index (Phi) is 9.18. The molecule has 1 unspecified atom stereocenters. The molecule has 0 radical (unpaired) electrons. The molecule has 0 aromatic carbocycles. The number of rotatable bonds is 11. The van der Waals surface area contributed by atoms with E-state index in [2.05, 4.69) is 15.2 Å². The predicted molar refractivity (Wildman–Crippen MR) is 178 cm³/mol. The molecule has 0 spiro atoms. The van der Waals surface area contributed by atoms with Crippen LogP contribution in [0.1, 0.15) is 65.1 Å². The van der Waals surface area contributed by atoms with Crippen molar-refractivity contribution in [2.75, 3.05) is 6.54 Å². The minimum Gasteiger partial charge on any atom is -0.481 e. The van der Waals surface area contributed by atoms with E-state index >= 15 is 0 Å². The number of allylic oxidation sites excluding steroid dienone is 3. The molecule has 4 heterocycles. The summed E-state index contributed by atoms with van der Waals surface area (Å²) < 4.78 is 37.9. The lowest BCUT2D eigenvalue weighted by molar-refractivity contribution is -0.137. The van der Waals surface area contributed by atoms with Gasteiger partial charge in [0, 0.05) is 73.4 Å². The van der Waals surface area contributed by atoms with Gasteiger partial charge in [-0.15, -0.1) is 0 Å². The van der Waals surface area contributed by atoms with E-state index in [-0.39, 0.29) is 19.4 Å². The zero-order valence-electron chi connectivity index (χ0n) is 27.5. The van der Waals surface area contributed by atoms with Crippen LogP contribution in [0.15, 0.2) is 61.3 Å². The molecule has 0 saturated heterocycles. The lowest BCUT2D eigenvalue weighted by Gasteiger charge is -2.29. The van der Waals surface area contributed by atoms with E-state index in [1.165, 1.54) is 3.97 Å². The summed E-state index contributed by atoms with van der Waals surface area (Å²) in [6.07, 6.45) is 14.1. The Morgan fingerprint density at radius 3 is 2.64 bits per heavy atom. The van der Waals surface area contributed by atoms with Crippen LogP contribution in [-0.4, -0.2) is 75.9 Å². The second-order valence-electron chi connectivity index (χ2n) is 12.9. The molecule has 1 aliphatic rings. The summed E-state index contributed by atoms with van der Waals surface area (Å²) in [5.41, 5.74) is 3.01. The zero-order chi connectivity index (χ0) is 34.1. The van der Waals surface area contributed by atoms with Gasteiger partial charge < -0.3 is 14.7 Å². The van der Waals surface area contributed by atoms with Gasteiger partial charge in [0.2, 0.25) is 10.0 Å². The number of carbonyl (C=O) groups is 2. The van der Waals surface area contributed by atoms with Crippen molar-refractivity contribution in [2.45, 2.75) is 77.3 Å². The molecule has 0 aliphatic heterocycles. The average molecular weight is 664 g/mol. The highest BCUT2D eigenvalue weighted by Gasteiger charge is 2.41. The van der Waals surface area contributed by atoms with E-state index in [0.717, 1.165) is 5.56 Å². The fourth-order valence-corrected chi connectivity index (χ4v) is 7.24. The number of hydrogen-bond acceptors (Lipinski definition) is 8. The zero-order valence-corrected chi connectivity index (χ0v) is 28.4. The number of aryl methyl sites for hydroxylation is 2. The third kappa shape index (κ3) is 7.02. The number of ether oxygens (including phenoxy) is 1. The van der Waals surface area contributed by atoms with Gasteiger partial charge in [0.15, 0.2) is 5.65 Å². The van der Waals surface area contributed by atoms with Crippen molar-refractivity contribution >= 4 is 38.7 Å². The molecule has 14 heteroatoms. The van der Waals surface area contributed by atoms with Crippen LogP contribution in [0.3, 0.4) is 0 Å². The number of hydrogen-bond donors (Lipinski definition) is 1. The largest absolute Gasteiger partial charge is 0.481 e. The Morgan fingerprint density at radius 2 is 1.94 bits per heavy atom. The van der Waals surface area contributed by atoms with Crippen molar-refractivity contribution in [1.29, 1.82) is 0 Å². The van der Waals surface area contributed by atoms with Gasteiger partial charge in [-0.2, -0.15) is 10.2 Å². The molecule has 1 aliphatic carbocycles. The summed E-state index contributed by atoms with van der Waals surface area (Å²) in [4.78, 5) is 29.8. The minimum atomic E-state index is -4.08. The van der Waals surface area contributed by atoms with Crippen LogP contribution in [0.25, 0.3) is 27.7 Å². The van der Waals surface area contributed by atoms with Gasteiger partial charge in [0.25, 0.3) is 0 Å².